The molecule has 0 radical (unpaired) electrons. The summed E-state index contributed by atoms with van der Waals surface area (Å²) in [6.45, 7) is 7.45. The Morgan fingerprint density at radius 3 is 2.52 bits per heavy atom. The van der Waals surface area contributed by atoms with Crippen LogP contribution in [-0.2, 0) is 20.4 Å². The zero-order valence-electron chi connectivity index (χ0n) is 19.1. The monoisotopic (exact) mass is 495 g/mol. The Morgan fingerprint density at radius 2 is 1.88 bits per heavy atom. The van der Waals surface area contributed by atoms with Gasteiger partial charge in [0.25, 0.3) is 10.0 Å². The molecule has 0 spiro atoms. The molecule has 2 aliphatic rings. The van der Waals surface area contributed by atoms with Crippen molar-refractivity contribution in [1.29, 1.82) is 0 Å². The zero-order chi connectivity index (χ0) is 23.6. The third-order valence-electron chi connectivity index (χ3n) is 6.34. The Hall–Kier alpha value is -1.53. The van der Waals surface area contributed by atoms with Crippen molar-refractivity contribution in [3.63, 3.8) is 0 Å². The highest BCUT2D eigenvalue weighted by molar-refractivity contribution is 7.91. The summed E-state index contributed by atoms with van der Waals surface area (Å²) in [6, 6.07) is 11.2. The number of hydrogen-bond acceptors (Lipinski definition) is 8. The second-order valence-corrected chi connectivity index (χ2v) is 12.3. The lowest BCUT2D eigenvalue weighted by Gasteiger charge is -2.45. The maximum atomic E-state index is 13.2. The van der Waals surface area contributed by atoms with Crippen LogP contribution >= 0.6 is 11.3 Å². The Bertz CT molecular complexity index is 1010. The van der Waals surface area contributed by atoms with Crippen LogP contribution in [0.2, 0.25) is 0 Å². The van der Waals surface area contributed by atoms with E-state index in [2.05, 4.69) is 9.80 Å². The summed E-state index contributed by atoms with van der Waals surface area (Å²) in [4.78, 5) is 4.51. The molecule has 3 heterocycles. The van der Waals surface area contributed by atoms with Crippen LogP contribution in [0.3, 0.4) is 0 Å². The number of rotatable bonds is 7. The summed E-state index contributed by atoms with van der Waals surface area (Å²) in [5.74, 6) is 0. The van der Waals surface area contributed by atoms with Crippen molar-refractivity contribution < 1.29 is 23.4 Å². The molecule has 4 rings (SSSR count). The van der Waals surface area contributed by atoms with Gasteiger partial charge in [-0.25, -0.2) is 8.42 Å². The van der Waals surface area contributed by atoms with Crippen LogP contribution in [0.5, 0.6) is 0 Å². The number of morpholine rings is 1. The number of ether oxygens (including phenoxy) is 1. The van der Waals surface area contributed by atoms with Gasteiger partial charge in [0.2, 0.25) is 0 Å². The van der Waals surface area contributed by atoms with Crippen molar-refractivity contribution in [2.75, 3.05) is 57.4 Å². The highest BCUT2D eigenvalue weighted by atomic mass is 32.2. The Morgan fingerprint density at radius 1 is 1.12 bits per heavy atom. The molecule has 0 unspecified atom stereocenters. The molecule has 182 valence electrons. The van der Waals surface area contributed by atoms with Crippen LogP contribution in [-0.4, -0.2) is 92.5 Å². The Kier molecular flexibility index (Phi) is 7.44. The molecular weight excluding hydrogens is 462 g/mol. The molecule has 1 aromatic heterocycles. The minimum Gasteiger partial charge on any atom is -0.394 e. The summed E-state index contributed by atoms with van der Waals surface area (Å²) in [7, 11) is -3.53. The average molecular weight is 496 g/mol. The van der Waals surface area contributed by atoms with Crippen LogP contribution in [0.25, 0.3) is 0 Å². The lowest BCUT2D eigenvalue weighted by Crippen LogP contribution is -2.59. The standard InChI is InChI=1S/C23H33N3O5S2/c1-23(2,28)18-5-7-19(8-6-18)26-10-9-25(33(29,30)22-4-3-13-32-22)15-20(26)14-24-11-12-31-21(16-24)17-27/h3-8,13,20-21,27-28H,9-12,14-17H2,1-2H3/t20-,21-/m0/s1. The number of aliphatic hydroxyl groups excluding tert-OH is 1. The molecule has 2 aliphatic heterocycles. The van der Waals surface area contributed by atoms with Gasteiger partial charge in [-0.15, -0.1) is 11.3 Å². The fourth-order valence-corrected chi connectivity index (χ4v) is 7.11. The molecule has 10 heteroatoms. The number of hydrogen-bond donors (Lipinski definition) is 2. The minimum atomic E-state index is -3.53. The predicted molar refractivity (Wildman–Crippen MR) is 129 cm³/mol. The van der Waals surface area contributed by atoms with Crippen LogP contribution in [0, 0.1) is 0 Å². The number of anilines is 1. The second kappa shape index (κ2) is 9.99. The van der Waals surface area contributed by atoms with E-state index in [-0.39, 0.29) is 18.8 Å². The molecule has 0 bridgehead atoms. The molecule has 2 N–H and O–H groups in total. The molecule has 33 heavy (non-hydrogen) atoms. The van der Waals surface area contributed by atoms with Crippen molar-refractivity contribution in [1.82, 2.24) is 9.21 Å². The number of piperazine rings is 1. The fourth-order valence-electron chi connectivity index (χ4n) is 4.49. The van der Waals surface area contributed by atoms with E-state index in [0.29, 0.717) is 43.5 Å². The second-order valence-electron chi connectivity index (χ2n) is 9.18. The molecule has 2 aromatic rings. The third-order valence-corrected chi connectivity index (χ3v) is 9.57. The molecule has 2 saturated heterocycles. The molecule has 0 amide bonds. The molecule has 0 aliphatic carbocycles. The number of thiophene rings is 1. The third kappa shape index (κ3) is 5.59. The van der Waals surface area contributed by atoms with E-state index in [1.54, 1.807) is 35.7 Å². The summed E-state index contributed by atoms with van der Waals surface area (Å²) in [6.07, 6.45) is -0.215. The highest BCUT2D eigenvalue weighted by Gasteiger charge is 2.36. The zero-order valence-corrected chi connectivity index (χ0v) is 20.8. The number of sulfonamides is 1. The van der Waals surface area contributed by atoms with Gasteiger partial charge >= 0.3 is 0 Å². The fraction of sp³-hybridized carbons (Fsp3) is 0.565. The van der Waals surface area contributed by atoms with Gasteiger partial charge in [-0.05, 0) is 43.0 Å². The number of benzene rings is 1. The first-order valence-corrected chi connectivity index (χ1v) is 13.6. The van der Waals surface area contributed by atoms with E-state index in [1.165, 1.54) is 11.3 Å². The quantitative estimate of drug-likeness (QED) is 0.602. The van der Waals surface area contributed by atoms with Gasteiger partial charge in [-0.2, -0.15) is 4.31 Å². The maximum Gasteiger partial charge on any atom is 0.252 e. The summed E-state index contributed by atoms with van der Waals surface area (Å²) in [5.41, 5.74) is 0.923. The molecule has 1 aromatic carbocycles. The molecular formula is C23H33N3O5S2. The van der Waals surface area contributed by atoms with E-state index in [1.807, 2.05) is 24.3 Å². The molecule has 8 nitrogen and oxygen atoms in total. The van der Waals surface area contributed by atoms with Crippen molar-refractivity contribution in [3.05, 3.63) is 47.3 Å². The van der Waals surface area contributed by atoms with Gasteiger partial charge in [-0.1, -0.05) is 18.2 Å². The maximum absolute atomic E-state index is 13.2. The van der Waals surface area contributed by atoms with E-state index in [9.17, 15) is 18.6 Å². The Labute approximate surface area is 200 Å². The summed E-state index contributed by atoms with van der Waals surface area (Å²) < 4.78 is 34.0. The van der Waals surface area contributed by atoms with E-state index < -0.39 is 15.6 Å². The first-order chi connectivity index (χ1) is 15.7. The topological polar surface area (TPSA) is 93.6 Å². The van der Waals surface area contributed by atoms with Crippen molar-refractivity contribution in [2.45, 2.75) is 35.8 Å². The lowest BCUT2D eigenvalue weighted by molar-refractivity contribution is -0.0545. The average Bonchev–Trinajstić information content (AvgIpc) is 3.35. The van der Waals surface area contributed by atoms with E-state index in [4.69, 9.17) is 4.74 Å². The smallest absolute Gasteiger partial charge is 0.252 e. The first-order valence-electron chi connectivity index (χ1n) is 11.3. The van der Waals surface area contributed by atoms with Crippen LogP contribution in [0.15, 0.2) is 46.0 Å². The van der Waals surface area contributed by atoms with Crippen molar-refractivity contribution in [2.24, 2.45) is 0 Å². The number of nitrogens with zero attached hydrogens (tertiary/aromatic N) is 3. The van der Waals surface area contributed by atoms with Crippen molar-refractivity contribution >= 4 is 27.0 Å². The van der Waals surface area contributed by atoms with Gasteiger partial charge in [0.1, 0.15) is 4.21 Å². The van der Waals surface area contributed by atoms with Crippen LogP contribution in [0.1, 0.15) is 19.4 Å². The highest BCUT2D eigenvalue weighted by Crippen LogP contribution is 2.29. The van der Waals surface area contributed by atoms with Gasteiger partial charge in [0.05, 0.1) is 31.0 Å². The summed E-state index contributed by atoms with van der Waals surface area (Å²) in [5, 5.41) is 21.6. The van der Waals surface area contributed by atoms with Gasteiger partial charge in [0.15, 0.2) is 0 Å². The van der Waals surface area contributed by atoms with Crippen LogP contribution < -0.4 is 4.90 Å². The van der Waals surface area contributed by atoms with E-state index >= 15 is 0 Å². The van der Waals surface area contributed by atoms with Gasteiger partial charge in [0, 0.05) is 45.0 Å². The molecule has 0 saturated carbocycles. The largest absolute Gasteiger partial charge is 0.394 e. The molecule has 2 atom stereocenters. The van der Waals surface area contributed by atoms with E-state index in [0.717, 1.165) is 17.8 Å². The first kappa shape index (κ1) is 24.6. The SMILES string of the molecule is CC(C)(O)c1ccc(N2CCN(S(=O)(=O)c3cccs3)C[C@@H]2CN2CCO[C@H](CO)C2)cc1. The Balaban J connectivity index is 1.57. The van der Waals surface area contributed by atoms with Gasteiger partial charge in [-0.3, -0.25) is 4.90 Å². The number of aliphatic hydroxyl groups is 2. The van der Waals surface area contributed by atoms with Crippen molar-refractivity contribution in [3.8, 4) is 0 Å². The predicted octanol–water partition coefficient (Wildman–Crippen LogP) is 1.55. The minimum absolute atomic E-state index is 0.0256. The molecule has 2 fully saturated rings. The normalized spacial score (nSPS) is 23.7. The summed E-state index contributed by atoms with van der Waals surface area (Å²) >= 11 is 1.24. The lowest BCUT2D eigenvalue weighted by atomic mass is 9.98. The van der Waals surface area contributed by atoms with Gasteiger partial charge < -0.3 is 19.8 Å². The van der Waals surface area contributed by atoms with Crippen LogP contribution in [0.4, 0.5) is 5.69 Å².